The average Bonchev–Trinajstić information content (AvgIpc) is 3.39. The Labute approximate surface area is 147 Å². The van der Waals surface area contributed by atoms with E-state index in [1.807, 2.05) is 13.2 Å². The van der Waals surface area contributed by atoms with Crippen LogP contribution in [-0.2, 0) is 0 Å². The number of hydrogen-bond acceptors (Lipinski definition) is 4. The lowest BCUT2D eigenvalue weighted by Crippen LogP contribution is -2.11. The van der Waals surface area contributed by atoms with Crippen LogP contribution in [0.15, 0.2) is 47.6 Å². The third-order valence-corrected chi connectivity index (χ3v) is 5.38. The molecule has 0 spiro atoms. The summed E-state index contributed by atoms with van der Waals surface area (Å²) in [5, 5.41) is 4.41. The van der Waals surface area contributed by atoms with Gasteiger partial charge >= 0.3 is 0 Å². The molecular weight excluding hydrogens is 316 g/mol. The molecule has 2 aliphatic carbocycles. The Hall–Kier alpha value is -1.78. The van der Waals surface area contributed by atoms with Gasteiger partial charge in [0, 0.05) is 5.56 Å². The van der Waals surface area contributed by atoms with E-state index in [2.05, 4.69) is 53.0 Å². The molecule has 2 aliphatic rings. The van der Waals surface area contributed by atoms with Crippen molar-refractivity contribution in [3.05, 3.63) is 59.3 Å². The summed E-state index contributed by atoms with van der Waals surface area (Å²) < 4.78 is 6.12. The highest BCUT2D eigenvalue weighted by atomic mass is 32.2. The van der Waals surface area contributed by atoms with Crippen LogP contribution in [0.2, 0.25) is 0 Å². The molecular formula is C20H22N2OS. The van der Waals surface area contributed by atoms with E-state index in [0.717, 1.165) is 28.9 Å². The Kier molecular flexibility index (Phi) is 4.33. The lowest BCUT2D eigenvalue weighted by Gasteiger charge is -2.14. The molecule has 0 amide bonds. The van der Waals surface area contributed by atoms with Crippen LogP contribution in [-0.4, -0.2) is 24.9 Å². The van der Waals surface area contributed by atoms with E-state index in [1.165, 1.54) is 29.5 Å². The number of aromatic nitrogens is 1. The molecule has 0 radical (unpaired) electrons. The van der Waals surface area contributed by atoms with Gasteiger partial charge in [0.1, 0.15) is 5.75 Å². The molecule has 0 bridgehead atoms. The topological polar surface area (TPSA) is 34.2 Å². The molecule has 1 atom stereocenters. The van der Waals surface area contributed by atoms with E-state index in [4.69, 9.17) is 4.74 Å². The molecule has 1 aromatic heterocycles. The predicted molar refractivity (Wildman–Crippen MR) is 99.6 cm³/mol. The van der Waals surface area contributed by atoms with E-state index in [-0.39, 0.29) is 6.04 Å². The maximum absolute atomic E-state index is 6.12. The summed E-state index contributed by atoms with van der Waals surface area (Å²) in [4.78, 5) is 4.52. The first-order valence-corrected chi connectivity index (χ1v) is 9.68. The second-order valence-corrected chi connectivity index (χ2v) is 7.24. The van der Waals surface area contributed by atoms with Crippen molar-refractivity contribution >= 4 is 17.3 Å². The van der Waals surface area contributed by atoms with Crippen molar-refractivity contribution in [2.45, 2.75) is 23.9 Å². The van der Waals surface area contributed by atoms with Crippen molar-refractivity contribution in [1.29, 1.82) is 0 Å². The normalized spacial score (nSPS) is 19.1. The van der Waals surface area contributed by atoms with Gasteiger partial charge in [-0.3, -0.25) is 0 Å². The van der Waals surface area contributed by atoms with E-state index in [1.54, 1.807) is 11.8 Å². The van der Waals surface area contributed by atoms with Crippen molar-refractivity contribution in [1.82, 2.24) is 10.3 Å². The minimum absolute atomic E-state index is 0.248. The highest BCUT2D eigenvalue weighted by Crippen LogP contribution is 2.42. The lowest BCUT2D eigenvalue weighted by molar-refractivity contribution is 0.297. The molecule has 3 nitrogen and oxygen atoms in total. The van der Waals surface area contributed by atoms with Crippen molar-refractivity contribution in [2.75, 3.05) is 19.9 Å². The zero-order valence-corrected chi connectivity index (χ0v) is 14.9. The molecule has 124 valence electrons. The van der Waals surface area contributed by atoms with Crippen LogP contribution in [0.25, 0.3) is 5.57 Å². The first-order valence-electron chi connectivity index (χ1n) is 8.45. The first-order chi connectivity index (χ1) is 11.8. The fourth-order valence-electron chi connectivity index (χ4n) is 3.19. The van der Waals surface area contributed by atoms with Gasteiger partial charge in [-0.1, -0.05) is 30.3 Å². The van der Waals surface area contributed by atoms with Gasteiger partial charge in [0.05, 0.1) is 23.9 Å². The molecule has 0 aliphatic heterocycles. The molecule has 1 aromatic carbocycles. The number of benzene rings is 1. The van der Waals surface area contributed by atoms with Gasteiger partial charge < -0.3 is 10.1 Å². The molecule has 1 saturated carbocycles. The Morgan fingerprint density at radius 2 is 2.08 bits per heavy atom. The minimum atomic E-state index is 0.248. The van der Waals surface area contributed by atoms with E-state index < -0.39 is 0 Å². The van der Waals surface area contributed by atoms with Crippen LogP contribution in [0.4, 0.5) is 0 Å². The smallest absolute Gasteiger partial charge is 0.145 e. The van der Waals surface area contributed by atoms with Crippen molar-refractivity contribution in [3.63, 3.8) is 0 Å². The van der Waals surface area contributed by atoms with Gasteiger partial charge in [0.2, 0.25) is 0 Å². The van der Waals surface area contributed by atoms with Crippen LogP contribution in [0, 0.1) is 5.92 Å². The SMILES string of the molecule is CNC1C=C(c2cc(SC)ncc2OCC2CC2)c2ccccc21. The largest absolute Gasteiger partial charge is 0.491 e. The number of ether oxygens (including phenoxy) is 1. The summed E-state index contributed by atoms with van der Waals surface area (Å²) in [5.41, 5.74) is 5.01. The number of nitrogens with zero attached hydrogens (tertiary/aromatic N) is 1. The van der Waals surface area contributed by atoms with Crippen LogP contribution >= 0.6 is 11.8 Å². The number of likely N-dealkylation sites (N-methyl/N-ethyl adjacent to an activating group) is 1. The van der Waals surface area contributed by atoms with E-state index >= 15 is 0 Å². The van der Waals surface area contributed by atoms with Gasteiger partial charge in [-0.15, -0.1) is 11.8 Å². The highest BCUT2D eigenvalue weighted by Gasteiger charge is 2.26. The molecule has 24 heavy (non-hydrogen) atoms. The first kappa shape index (κ1) is 15.7. The van der Waals surface area contributed by atoms with Crippen LogP contribution in [0.5, 0.6) is 5.75 Å². The molecule has 1 fully saturated rings. The van der Waals surface area contributed by atoms with Crippen molar-refractivity contribution in [3.8, 4) is 5.75 Å². The summed E-state index contributed by atoms with van der Waals surface area (Å²) in [7, 11) is 2.01. The summed E-state index contributed by atoms with van der Waals surface area (Å²) >= 11 is 1.67. The number of nitrogens with one attached hydrogen (secondary N) is 1. The van der Waals surface area contributed by atoms with Gasteiger partial charge in [-0.2, -0.15) is 0 Å². The average molecular weight is 338 g/mol. The number of pyridine rings is 1. The molecule has 2 aromatic rings. The Balaban J connectivity index is 1.76. The maximum atomic E-state index is 6.12. The third kappa shape index (κ3) is 2.96. The second kappa shape index (κ2) is 6.61. The Bertz CT molecular complexity index is 783. The van der Waals surface area contributed by atoms with Gasteiger partial charge in [0.25, 0.3) is 0 Å². The predicted octanol–water partition coefficient (Wildman–Crippen LogP) is 4.30. The molecule has 0 saturated heterocycles. The molecule has 1 unspecified atom stereocenters. The van der Waals surface area contributed by atoms with Crippen LogP contribution < -0.4 is 10.1 Å². The quantitative estimate of drug-likeness (QED) is 0.797. The van der Waals surface area contributed by atoms with Crippen LogP contribution in [0.3, 0.4) is 0 Å². The summed E-state index contributed by atoms with van der Waals surface area (Å²) in [6.07, 6.45) is 8.83. The van der Waals surface area contributed by atoms with Crippen LogP contribution in [0.1, 0.15) is 35.6 Å². The second-order valence-electron chi connectivity index (χ2n) is 6.41. The van der Waals surface area contributed by atoms with E-state index in [9.17, 15) is 0 Å². The highest BCUT2D eigenvalue weighted by molar-refractivity contribution is 7.98. The van der Waals surface area contributed by atoms with Crippen molar-refractivity contribution in [2.24, 2.45) is 5.92 Å². The number of thioether (sulfide) groups is 1. The Morgan fingerprint density at radius 1 is 1.25 bits per heavy atom. The monoisotopic (exact) mass is 338 g/mol. The standard InChI is InChI=1S/C20H22N2OS/c1-21-18-9-16(14-5-3-4-6-15(14)18)17-10-20(24-2)22-11-19(17)23-12-13-7-8-13/h3-6,9-11,13,18,21H,7-8,12H2,1-2H3. The molecule has 1 N–H and O–H groups in total. The molecule has 4 heteroatoms. The fourth-order valence-corrected chi connectivity index (χ4v) is 3.58. The zero-order chi connectivity index (χ0) is 16.5. The molecule has 1 heterocycles. The van der Waals surface area contributed by atoms with Gasteiger partial charge in [-0.05, 0) is 54.8 Å². The zero-order valence-electron chi connectivity index (χ0n) is 14.1. The number of rotatable bonds is 6. The summed E-state index contributed by atoms with van der Waals surface area (Å²) in [6.45, 7) is 0.803. The number of hydrogen-bond donors (Lipinski definition) is 1. The van der Waals surface area contributed by atoms with Gasteiger partial charge in [0.15, 0.2) is 0 Å². The summed E-state index contributed by atoms with van der Waals surface area (Å²) in [5.74, 6) is 1.63. The van der Waals surface area contributed by atoms with E-state index in [0.29, 0.717) is 0 Å². The fraction of sp³-hybridized carbons (Fsp3) is 0.350. The maximum Gasteiger partial charge on any atom is 0.145 e. The lowest BCUT2D eigenvalue weighted by atomic mass is 9.99. The van der Waals surface area contributed by atoms with Gasteiger partial charge in [-0.25, -0.2) is 4.98 Å². The number of fused-ring (bicyclic) bond motifs is 1. The van der Waals surface area contributed by atoms with Crippen molar-refractivity contribution < 1.29 is 4.74 Å². The molecule has 4 rings (SSSR count). The minimum Gasteiger partial charge on any atom is -0.491 e. The summed E-state index contributed by atoms with van der Waals surface area (Å²) in [6, 6.07) is 11.0. The Morgan fingerprint density at radius 3 is 2.83 bits per heavy atom. The third-order valence-electron chi connectivity index (χ3n) is 4.74.